The Kier molecular flexibility index (Phi) is 3.57. The number of aliphatic hydroxyl groups is 1. The van der Waals surface area contributed by atoms with Gasteiger partial charge in [0.1, 0.15) is 5.60 Å². The van der Waals surface area contributed by atoms with Gasteiger partial charge in [0.05, 0.1) is 12.2 Å². The van der Waals surface area contributed by atoms with E-state index in [1.807, 2.05) is 6.92 Å². The van der Waals surface area contributed by atoms with Crippen molar-refractivity contribution in [2.24, 2.45) is 5.92 Å². The predicted octanol–water partition coefficient (Wildman–Crippen LogP) is 1.30. The van der Waals surface area contributed by atoms with E-state index in [1.165, 1.54) is 0 Å². The van der Waals surface area contributed by atoms with E-state index in [1.54, 1.807) is 6.92 Å². The van der Waals surface area contributed by atoms with Crippen LogP contribution in [0.25, 0.3) is 0 Å². The molecule has 1 spiro atoms. The first kappa shape index (κ1) is 13.0. The molecule has 2 saturated heterocycles. The number of Topliss-reactive ketones (excluding diaryl/α,β-unsaturated/α-hetero) is 1. The normalized spacial score (nSPS) is 37.0. The SMILES string of the molecule is CCC(C)(O)C(=O)C1CCOC2(CCOC2)C1. The monoisotopic (exact) mass is 242 g/mol. The lowest BCUT2D eigenvalue weighted by molar-refractivity contribution is -0.152. The Morgan fingerprint density at radius 2 is 2.29 bits per heavy atom. The standard InChI is InChI=1S/C13H22O4/c1-3-12(2,15)11(14)10-4-6-17-13(8-10)5-7-16-9-13/h10,15H,3-9H2,1-2H3. The van der Waals surface area contributed by atoms with Crippen LogP contribution in [0.1, 0.15) is 39.5 Å². The van der Waals surface area contributed by atoms with Crippen LogP contribution >= 0.6 is 0 Å². The molecule has 0 aromatic heterocycles. The fraction of sp³-hybridized carbons (Fsp3) is 0.923. The molecule has 0 saturated carbocycles. The first-order valence-electron chi connectivity index (χ1n) is 6.47. The molecule has 0 aromatic carbocycles. The molecular weight excluding hydrogens is 220 g/mol. The third-order valence-corrected chi connectivity index (χ3v) is 4.15. The van der Waals surface area contributed by atoms with Gasteiger partial charge >= 0.3 is 0 Å². The van der Waals surface area contributed by atoms with Crippen molar-refractivity contribution in [3.8, 4) is 0 Å². The lowest BCUT2D eigenvalue weighted by atomic mass is 9.78. The highest BCUT2D eigenvalue weighted by atomic mass is 16.6. The summed E-state index contributed by atoms with van der Waals surface area (Å²) in [6.07, 6.45) is 2.75. The summed E-state index contributed by atoms with van der Waals surface area (Å²) in [4.78, 5) is 12.2. The van der Waals surface area contributed by atoms with Crippen molar-refractivity contribution in [1.29, 1.82) is 0 Å². The summed E-state index contributed by atoms with van der Waals surface area (Å²) >= 11 is 0. The highest BCUT2D eigenvalue weighted by Gasteiger charge is 2.45. The van der Waals surface area contributed by atoms with Gasteiger partial charge in [0.25, 0.3) is 0 Å². The van der Waals surface area contributed by atoms with E-state index in [9.17, 15) is 9.90 Å². The summed E-state index contributed by atoms with van der Waals surface area (Å²) in [5, 5.41) is 10.1. The van der Waals surface area contributed by atoms with Crippen molar-refractivity contribution in [1.82, 2.24) is 0 Å². The maximum Gasteiger partial charge on any atom is 0.167 e. The van der Waals surface area contributed by atoms with Crippen LogP contribution in [0.3, 0.4) is 0 Å². The van der Waals surface area contributed by atoms with Crippen LogP contribution in [-0.2, 0) is 14.3 Å². The minimum atomic E-state index is -1.19. The van der Waals surface area contributed by atoms with E-state index >= 15 is 0 Å². The molecule has 0 aliphatic carbocycles. The minimum Gasteiger partial charge on any atom is -0.382 e. The van der Waals surface area contributed by atoms with Gasteiger partial charge in [0.15, 0.2) is 5.78 Å². The van der Waals surface area contributed by atoms with Crippen molar-refractivity contribution in [2.45, 2.75) is 50.7 Å². The highest BCUT2D eigenvalue weighted by molar-refractivity contribution is 5.88. The molecule has 0 bridgehead atoms. The van der Waals surface area contributed by atoms with Crippen LogP contribution in [-0.4, -0.2) is 41.9 Å². The van der Waals surface area contributed by atoms with Crippen LogP contribution in [0.15, 0.2) is 0 Å². The van der Waals surface area contributed by atoms with E-state index in [0.29, 0.717) is 32.7 Å². The summed E-state index contributed by atoms with van der Waals surface area (Å²) < 4.78 is 11.2. The quantitative estimate of drug-likeness (QED) is 0.810. The Bertz CT molecular complexity index is 292. The summed E-state index contributed by atoms with van der Waals surface area (Å²) in [5.41, 5.74) is -1.45. The number of ketones is 1. The van der Waals surface area contributed by atoms with Crippen molar-refractivity contribution >= 4 is 5.78 Å². The average Bonchev–Trinajstić information content (AvgIpc) is 2.76. The Labute approximate surface area is 102 Å². The molecule has 1 N–H and O–H groups in total. The fourth-order valence-corrected chi connectivity index (χ4v) is 2.73. The highest BCUT2D eigenvalue weighted by Crippen LogP contribution is 2.37. The number of hydrogen-bond acceptors (Lipinski definition) is 4. The third kappa shape index (κ3) is 2.54. The number of rotatable bonds is 3. The van der Waals surface area contributed by atoms with Crippen LogP contribution in [0.4, 0.5) is 0 Å². The lowest BCUT2D eigenvalue weighted by Gasteiger charge is -2.38. The molecule has 17 heavy (non-hydrogen) atoms. The molecule has 2 rings (SSSR count). The molecule has 0 radical (unpaired) electrons. The Hall–Kier alpha value is -0.450. The summed E-state index contributed by atoms with van der Waals surface area (Å²) in [6, 6.07) is 0. The van der Waals surface area contributed by atoms with Gasteiger partial charge in [-0.05, 0) is 26.2 Å². The van der Waals surface area contributed by atoms with Crippen LogP contribution in [0.2, 0.25) is 0 Å². The van der Waals surface area contributed by atoms with Gasteiger partial charge in [-0.25, -0.2) is 0 Å². The molecule has 2 aliphatic heterocycles. The van der Waals surface area contributed by atoms with E-state index < -0.39 is 5.60 Å². The second kappa shape index (κ2) is 4.67. The average molecular weight is 242 g/mol. The van der Waals surface area contributed by atoms with E-state index in [4.69, 9.17) is 9.47 Å². The van der Waals surface area contributed by atoms with Gasteiger partial charge in [-0.3, -0.25) is 4.79 Å². The number of carbonyl (C=O) groups is 1. The van der Waals surface area contributed by atoms with Gasteiger partial charge in [0, 0.05) is 25.6 Å². The van der Waals surface area contributed by atoms with E-state index in [0.717, 1.165) is 12.8 Å². The zero-order chi connectivity index (χ0) is 12.5. The smallest absolute Gasteiger partial charge is 0.167 e. The van der Waals surface area contributed by atoms with Crippen molar-refractivity contribution < 1.29 is 19.4 Å². The Balaban J connectivity index is 2.04. The van der Waals surface area contributed by atoms with Crippen molar-refractivity contribution in [3.63, 3.8) is 0 Å². The minimum absolute atomic E-state index is 0.0328. The summed E-state index contributed by atoms with van der Waals surface area (Å²) in [7, 11) is 0. The molecule has 3 atom stereocenters. The number of hydrogen-bond donors (Lipinski definition) is 1. The van der Waals surface area contributed by atoms with Crippen molar-refractivity contribution in [3.05, 3.63) is 0 Å². The van der Waals surface area contributed by atoms with E-state index in [2.05, 4.69) is 0 Å². The largest absolute Gasteiger partial charge is 0.382 e. The number of carbonyl (C=O) groups excluding carboxylic acids is 1. The molecular formula is C13H22O4. The number of ether oxygens (including phenoxy) is 2. The molecule has 3 unspecified atom stereocenters. The van der Waals surface area contributed by atoms with E-state index in [-0.39, 0.29) is 17.3 Å². The molecule has 98 valence electrons. The predicted molar refractivity (Wildman–Crippen MR) is 62.8 cm³/mol. The molecule has 4 nitrogen and oxygen atoms in total. The lowest BCUT2D eigenvalue weighted by Crippen LogP contribution is -2.47. The van der Waals surface area contributed by atoms with Gasteiger partial charge in [-0.2, -0.15) is 0 Å². The topological polar surface area (TPSA) is 55.8 Å². The first-order valence-corrected chi connectivity index (χ1v) is 6.47. The van der Waals surface area contributed by atoms with Gasteiger partial charge < -0.3 is 14.6 Å². The molecule has 2 aliphatic rings. The molecule has 2 fully saturated rings. The first-order chi connectivity index (χ1) is 7.99. The van der Waals surface area contributed by atoms with Crippen molar-refractivity contribution in [2.75, 3.05) is 19.8 Å². The summed E-state index contributed by atoms with van der Waals surface area (Å²) in [6.45, 7) is 5.35. The zero-order valence-electron chi connectivity index (χ0n) is 10.7. The molecule has 2 heterocycles. The van der Waals surface area contributed by atoms with Crippen LogP contribution < -0.4 is 0 Å². The molecule has 4 heteroatoms. The van der Waals surface area contributed by atoms with Gasteiger partial charge in [0.2, 0.25) is 0 Å². The van der Waals surface area contributed by atoms with Crippen LogP contribution in [0, 0.1) is 5.92 Å². The van der Waals surface area contributed by atoms with Crippen LogP contribution in [0.5, 0.6) is 0 Å². The van der Waals surface area contributed by atoms with Gasteiger partial charge in [-0.1, -0.05) is 6.92 Å². The molecule has 0 amide bonds. The van der Waals surface area contributed by atoms with Gasteiger partial charge in [-0.15, -0.1) is 0 Å². The Morgan fingerprint density at radius 1 is 1.53 bits per heavy atom. The Morgan fingerprint density at radius 3 is 2.88 bits per heavy atom. The maximum atomic E-state index is 12.2. The fourth-order valence-electron chi connectivity index (χ4n) is 2.73. The molecule has 0 aromatic rings. The zero-order valence-corrected chi connectivity index (χ0v) is 10.7. The summed E-state index contributed by atoms with van der Waals surface area (Å²) in [5.74, 6) is -0.116. The maximum absolute atomic E-state index is 12.2. The second-order valence-electron chi connectivity index (χ2n) is 5.52. The second-order valence-corrected chi connectivity index (χ2v) is 5.52. The third-order valence-electron chi connectivity index (χ3n) is 4.15.